The topological polar surface area (TPSA) is 72.5 Å². The van der Waals surface area contributed by atoms with Crippen LogP contribution in [-0.4, -0.2) is 14.3 Å². The zero-order chi connectivity index (χ0) is 14.6. The minimum absolute atomic E-state index is 0.0310. The minimum atomic E-state index is -5.02. The van der Waals surface area contributed by atoms with E-state index in [2.05, 4.69) is 9.50 Å². The van der Waals surface area contributed by atoms with Gasteiger partial charge in [-0.2, -0.15) is 8.42 Å². The molecule has 0 bridgehead atoms. The van der Waals surface area contributed by atoms with E-state index >= 15 is 0 Å². The molecule has 20 heavy (non-hydrogen) atoms. The molecule has 0 atom stereocenters. The van der Waals surface area contributed by atoms with E-state index in [0.717, 1.165) is 25.7 Å². The third kappa shape index (κ3) is 4.48. The number of rotatable bonds is 4. The molecule has 1 aromatic rings. The number of amides is 1. The predicted octanol–water partition coefficient (Wildman–Crippen LogP) is 2.80. The van der Waals surface area contributed by atoms with Crippen molar-refractivity contribution in [2.75, 3.05) is 5.32 Å². The standard InChI is InChI=1S/C13H16FNO4S/c14-20(17,18)19-12-8-6-11(7-9-12)15-13(16)10-4-2-1-3-5-10/h6-10H,1-5H2,(H,15,16). The summed E-state index contributed by atoms with van der Waals surface area (Å²) in [5.41, 5.74) is 0.532. The van der Waals surface area contributed by atoms with Crippen LogP contribution < -0.4 is 9.50 Å². The number of benzene rings is 1. The van der Waals surface area contributed by atoms with Crippen molar-refractivity contribution in [3.8, 4) is 5.75 Å². The van der Waals surface area contributed by atoms with Gasteiger partial charge in [-0.15, -0.1) is 0 Å². The van der Waals surface area contributed by atoms with Crippen molar-refractivity contribution >= 4 is 22.1 Å². The summed E-state index contributed by atoms with van der Waals surface area (Å²) in [7, 11) is -5.02. The maximum absolute atomic E-state index is 12.3. The van der Waals surface area contributed by atoms with Gasteiger partial charge >= 0.3 is 10.5 Å². The lowest BCUT2D eigenvalue weighted by Gasteiger charge is -2.20. The third-order valence-corrected chi connectivity index (χ3v) is 3.69. The highest BCUT2D eigenvalue weighted by molar-refractivity contribution is 7.81. The molecule has 0 heterocycles. The number of carbonyl (C=O) groups excluding carboxylic acids is 1. The van der Waals surface area contributed by atoms with Gasteiger partial charge in [0.1, 0.15) is 5.75 Å². The molecule has 0 aliphatic heterocycles. The molecule has 0 aromatic heterocycles. The molecule has 0 radical (unpaired) electrons. The van der Waals surface area contributed by atoms with Crippen LogP contribution in [0.4, 0.5) is 9.57 Å². The van der Waals surface area contributed by atoms with Crippen molar-refractivity contribution in [1.29, 1.82) is 0 Å². The maximum Gasteiger partial charge on any atom is 0.488 e. The van der Waals surface area contributed by atoms with E-state index in [4.69, 9.17) is 0 Å². The average Bonchev–Trinajstić information content (AvgIpc) is 2.40. The van der Waals surface area contributed by atoms with Crippen LogP contribution in [0.5, 0.6) is 5.75 Å². The van der Waals surface area contributed by atoms with Crippen molar-refractivity contribution in [3.05, 3.63) is 24.3 Å². The lowest BCUT2D eigenvalue weighted by molar-refractivity contribution is -0.120. The van der Waals surface area contributed by atoms with Gasteiger partial charge in [0, 0.05) is 11.6 Å². The number of carbonyl (C=O) groups is 1. The molecular weight excluding hydrogens is 285 g/mol. The van der Waals surface area contributed by atoms with Crippen molar-refractivity contribution < 1.29 is 21.3 Å². The van der Waals surface area contributed by atoms with Crippen LogP contribution in [0.3, 0.4) is 0 Å². The molecule has 1 aliphatic rings. The van der Waals surface area contributed by atoms with E-state index in [9.17, 15) is 17.1 Å². The Bertz CT molecular complexity index is 565. The van der Waals surface area contributed by atoms with Crippen LogP contribution in [0.2, 0.25) is 0 Å². The Kier molecular flexibility index (Phi) is 4.59. The second-order valence-corrected chi connectivity index (χ2v) is 5.78. The lowest BCUT2D eigenvalue weighted by Crippen LogP contribution is -2.24. The summed E-state index contributed by atoms with van der Waals surface area (Å²) < 4.78 is 37.0. The smallest absolute Gasteiger partial charge is 0.358 e. The van der Waals surface area contributed by atoms with Gasteiger partial charge in [0.05, 0.1) is 0 Å². The van der Waals surface area contributed by atoms with Crippen LogP contribution in [0.1, 0.15) is 32.1 Å². The molecule has 0 unspecified atom stereocenters. The number of halogens is 1. The van der Waals surface area contributed by atoms with Crippen LogP contribution in [0, 0.1) is 5.92 Å². The summed E-state index contributed by atoms with van der Waals surface area (Å²) in [5, 5.41) is 2.76. The van der Waals surface area contributed by atoms with Gasteiger partial charge in [-0.05, 0) is 37.1 Å². The zero-order valence-corrected chi connectivity index (χ0v) is 11.7. The zero-order valence-electron chi connectivity index (χ0n) is 10.8. The van der Waals surface area contributed by atoms with Crippen molar-refractivity contribution in [2.45, 2.75) is 32.1 Å². The van der Waals surface area contributed by atoms with Crippen molar-refractivity contribution in [2.24, 2.45) is 5.92 Å². The van der Waals surface area contributed by atoms with E-state index < -0.39 is 10.5 Å². The van der Waals surface area contributed by atoms with E-state index in [1.54, 1.807) is 0 Å². The molecule has 7 heteroatoms. The second kappa shape index (κ2) is 6.21. The van der Waals surface area contributed by atoms with Gasteiger partial charge in [-0.1, -0.05) is 23.1 Å². The maximum atomic E-state index is 12.3. The summed E-state index contributed by atoms with van der Waals surface area (Å²) in [6, 6.07) is 5.52. The number of nitrogens with one attached hydrogen (secondary N) is 1. The molecule has 1 aromatic carbocycles. The van der Waals surface area contributed by atoms with Gasteiger partial charge in [0.15, 0.2) is 0 Å². The first kappa shape index (κ1) is 14.8. The number of hydrogen-bond donors (Lipinski definition) is 1. The van der Waals surface area contributed by atoms with Crippen molar-refractivity contribution in [1.82, 2.24) is 0 Å². The Morgan fingerprint density at radius 1 is 1.15 bits per heavy atom. The van der Waals surface area contributed by atoms with Gasteiger partial charge < -0.3 is 9.50 Å². The molecule has 2 rings (SSSR count). The van der Waals surface area contributed by atoms with Gasteiger partial charge in [0.2, 0.25) is 5.91 Å². The molecular formula is C13H16FNO4S. The fourth-order valence-corrected chi connectivity index (χ4v) is 2.66. The Labute approximate surface area is 117 Å². The van der Waals surface area contributed by atoms with Crippen LogP contribution in [0.15, 0.2) is 24.3 Å². The predicted molar refractivity (Wildman–Crippen MR) is 72.3 cm³/mol. The molecule has 1 amide bonds. The summed E-state index contributed by atoms with van der Waals surface area (Å²) in [4.78, 5) is 12.0. The fourth-order valence-electron chi connectivity index (χ4n) is 2.32. The SMILES string of the molecule is O=C(Nc1ccc(OS(=O)(=O)F)cc1)C1CCCCC1. The Morgan fingerprint density at radius 2 is 1.75 bits per heavy atom. The average molecular weight is 301 g/mol. The highest BCUT2D eigenvalue weighted by atomic mass is 32.3. The summed E-state index contributed by atoms with van der Waals surface area (Å²) in [5.74, 6) is -0.134. The normalized spacial score (nSPS) is 16.6. The lowest BCUT2D eigenvalue weighted by atomic mass is 9.88. The number of hydrogen-bond acceptors (Lipinski definition) is 4. The Balaban J connectivity index is 1.94. The molecule has 110 valence electrons. The highest BCUT2D eigenvalue weighted by Crippen LogP contribution is 2.25. The molecule has 5 nitrogen and oxygen atoms in total. The van der Waals surface area contributed by atoms with Crippen LogP contribution in [0.25, 0.3) is 0 Å². The largest absolute Gasteiger partial charge is 0.488 e. The summed E-state index contributed by atoms with van der Waals surface area (Å²) in [6.07, 6.45) is 5.10. The monoisotopic (exact) mass is 301 g/mol. The first-order valence-electron chi connectivity index (χ1n) is 6.49. The molecule has 1 N–H and O–H groups in total. The van der Waals surface area contributed by atoms with Crippen LogP contribution in [-0.2, 0) is 15.3 Å². The third-order valence-electron chi connectivity index (χ3n) is 3.29. The van der Waals surface area contributed by atoms with E-state index in [1.165, 1.54) is 30.7 Å². The first-order valence-corrected chi connectivity index (χ1v) is 7.80. The summed E-state index contributed by atoms with van der Waals surface area (Å²) in [6.45, 7) is 0. The van der Waals surface area contributed by atoms with Gasteiger partial charge in [-0.25, -0.2) is 0 Å². The van der Waals surface area contributed by atoms with Crippen LogP contribution >= 0.6 is 0 Å². The number of anilines is 1. The molecule has 1 aliphatic carbocycles. The highest BCUT2D eigenvalue weighted by Gasteiger charge is 2.21. The summed E-state index contributed by atoms with van der Waals surface area (Å²) >= 11 is 0. The van der Waals surface area contributed by atoms with Crippen molar-refractivity contribution in [3.63, 3.8) is 0 Å². The molecule has 0 saturated heterocycles. The second-order valence-electron chi connectivity index (χ2n) is 4.83. The van der Waals surface area contributed by atoms with E-state index in [-0.39, 0.29) is 17.6 Å². The molecule has 1 saturated carbocycles. The molecule has 1 fully saturated rings. The fraction of sp³-hybridized carbons (Fsp3) is 0.462. The Hall–Kier alpha value is -1.63. The van der Waals surface area contributed by atoms with E-state index in [1.807, 2.05) is 0 Å². The Morgan fingerprint density at radius 3 is 2.30 bits per heavy atom. The van der Waals surface area contributed by atoms with Gasteiger partial charge in [0.25, 0.3) is 0 Å². The first-order chi connectivity index (χ1) is 9.44. The van der Waals surface area contributed by atoms with E-state index in [0.29, 0.717) is 5.69 Å². The minimum Gasteiger partial charge on any atom is -0.358 e. The molecule has 0 spiro atoms. The van der Waals surface area contributed by atoms with Gasteiger partial charge in [-0.3, -0.25) is 4.79 Å². The quantitative estimate of drug-likeness (QED) is 0.868.